The van der Waals surface area contributed by atoms with Crippen LogP contribution in [0.4, 0.5) is 0 Å². The number of hydrogen-bond donors (Lipinski definition) is 1. The lowest BCUT2D eigenvalue weighted by atomic mass is 10.1. The van der Waals surface area contributed by atoms with Crippen LogP contribution in [0.5, 0.6) is 5.75 Å². The van der Waals surface area contributed by atoms with Gasteiger partial charge < -0.3 is 14.5 Å². The molecule has 8 nitrogen and oxygen atoms in total. The van der Waals surface area contributed by atoms with E-state index in [-0.39, 0.29) is 29.8 Å². The molecular formula is C24H21N3O5. The summed E-state index contributed by atoms with van der Waals surface area (Å²) in [4.78, 5) is 41.3. The molecule has 0 unspecified atom stereocenters. The molecule has 4 rings (SSSR count). The molecule has 0 aliphatic heterocycles. The van der Waals surface area contributed by atoms with E-state index in [2.05, 4.69) is 10.3 Å². The largest absolute Gasteiger partial charge is 0.494 e. The summed E-state index contributed by atoms with van der Waals surface area (Å²) in [6, 6.07) is 16.7. The maximum atomic E-state index is 12.4. The summed E-state index contributed by atoms with van der Waals surface area (Å²) in [5.41, 5.74) is 1.17. The number of carbonyl (C=O) groups is 1. The number of rotatable bonds is 7. The van der Waals surface area contributed by atoms with Gasteiger partial charge >= 0.3 is 0 Å². The van der Waals surface area contributed by atoms with Gasteiger partial charge in [0.15, 0.2) is 11.2 Å². The Morgan fingerprint density at radius 3 is 2.62 bits per heavy atom. The summed E-state index contributed by atoms with van der Waals surface area (Å²) in [5, 5.41) is 3.07. The molecule has 32 heavy (non-hydrogen) atoms. The Morgan fingerprint density at radius 1 is 1.09 bits per heavy atom. The van der Waals surface area contributed by atoms with E-state index in [1.165, 1.54) is 17.0 Å². The molecule has 0 fully saturated rings. The first kappa shape index (κ1) is 21.0. The number of aromatic nitrogens is 2. The van der Waals surface area contributed by atoms with Crippen molar-refractivity contribution < 1.29 is 13.9 Å². The van der Waals surface area contributed by atoms with Gasteiger partial charge in [0.25, 0.3) is 11.5 Å². The van der Waals surface area contributed by atoms with Crippen molar-refractivity contribution in [3.05, 3.63) is 93.3 Å². The monoisotopic (exact) mass is 431 g/mol. The highest BCUT2D eigenvalue weighted by atomic mass is 16.5. The third kappa shape index (κ3) is 4.59. The molecule has 0 saturated carbocycles. The van der Waals surface area contributed by atoms with Crippen molar-refractivity contribution in [2.45, 2.75) is 13.5 Å². The predicted octanol–water partition coefficient (Wildman–Crippen LogP) is 2.85. The van der Waals surface area contributed by atoms with E-state index in [1.807, 2.05) is 31.2 Å². The molecule has 8 heteroatoms. The Balaban J connectivity index is 1.40. The van der Waals surface area contributed by atoms with E-state index in [0.717, 1.165) is 17.4 Å². The highest BCUT2D eigenvalue weighted by molar-refractivity contribution is 5.93. The van der Waals surface area contributed by atoms with Gasteiger partial charge in [0.05, 0.1) is 24.0 Å². The quantitative estimate of drug-likeness (QED) is 0.483. The Hall–Kier alpha value is -4.20. The van der Waals surface area contributed by atoms with Gasteiger partial charge in [-0.15, -0.1) is 0 Å². The fraction of sp³-hybridized carbons (Fsp3) is 0.167. The number of para-hydroxylation sites is 1. The second-order valence-corrected chi connectivity index (χ2v) is 6.99. The van der Waals surface area contributed by atoms with Crippen LogP contribution in [-0.2, 0) is 6.54 Å². The van der Waals surface area contributed by atoms with Crippen LogP contribution >= 0.6 is 0 Å². The maximum Gasteiger partial charge on any atom is 0.287 e. The molecule has 0 spiro atoms. The van der Waals surface area contributed by atoms with Crippen molar-refractivity contribution in [2.24, 2.45) is 0 Å². The van der Waals surface area contributed by atoms with Gasteiger partial charge in [0.1, 0.15) is 11.3 Å². The first-order valence-corrected chi connectivity index (χ1v) is 10.2. The number of amides is 1. The molecule has 1 N–H and O–H groups in total. The van der Waals surface area contributed by atoms with Gasteiger partial charge in [-0.3, -0.25) is 19.0 Å². The van der Waals surface area contributed by atoms with Gasteiger partial charge in [0.2, 0.25) is 0 Å². The number of ether oxygens (including phenoxy) is 1. The van der Waals surface area contributed by atoms with Crippen LogP contribution in [0.3, 0.4) is 0 Å². The average Bonchev–Trinajstić information content (AvgIpc) is 2.81. The molecular weight excluding hydrogens is 410 g/mol. The van der Waals surface area contributed by atoms with E-state index in [9.17, 15) is 14.4 Å². The van der Waals surface area contributed by atoms with Crippen LogP contribution in [0.25, 0.3) is 22.2 Å². The second-order valence-electron chi connectivity index (χ2n) is 6.99. The zero-order chi connectivity index (χ0) is 22.5. The standard InChI is InChI=1S/C24H21N3O5/c1-2-31-17-9-7-16(8-10-17)19-13-23(29)27(15-26-19)12-11-25-24(30)22-14-20(28)18-5-3-4-6-21(18)32-22/h3-10,13-15H,2,11-12H2,1H3,(H,25,30). The second kappa shape index (κ2) is 9.30. The molecule has 162 valence electrons. The molecule has 2 aromatic carbocycles. The van der Waals surface area contributed by atoms with E-state index in [0.29, 0.717) is 23.3 Å². The number of carbonyl (C=O) groups excluding carboxylic acids is 1. The Morgan fingerprint density at radius 2 is 1.88 bits per heavy atom. The zero-order valence-electron chi connectivity index (χ0n) is 17.4. The number of hydrogen-bond acceptors (Lipinski definition) is 6. The van der Waals surface area contributed by atoms with Crippen LogP contribution in [-0.4, -0.2) is 28.6 Å². The van der Waals surface area contributed by atoms with Crippen LogP contribution in [0.1, 0.15) is 17.5 Å². The summed E-state index contributed by atoms with van der Waals surface area (Å²) in [7, 11) is 0. The molecule has 2 aromatic heterocycles. The minimum absolute atomic E-state index is 0.0787. The normalized spacial score (nSPS) is 10.8. The Labute approximate surface area is 183 Å². The van der Waals surface area contributed by atoms with E-state index in [4.69, 9.17) is 9.15 Å². The lowest BCUT2D eigenvalue weighted by molar-refractivity contribution is 0.0925. The third-order valence-electron chi connectivity index (χ3n) is 4.84. The summed E-state index contributed by atoms with van der Waals surface area (Å²) in [6.45, 7) is 2.88. The topological polar surface area (TPSA) is 103 Å². The summed E-state index contributed by atoms with van der Waals surface area (Å²) in [5.74, 6) is 0.146. The van der Waals surface area contributed by atoms with Crippen LogP contribution in [0.15, 0.2) is 81.0 Å². The van der Waals surface area contributed by atoms with Gasteiger partial charge in [-0.05, 0) is 43.3 Å². The fourth-order valence-corrected chi connectivity index (χ4v) is 3.23. The van der Waals surface area contributed by atoms with Crippen LogP contribution in [0.2, 0.25) is 0 Å². The van der Waals surface area contributed by atoms with Gasteiger partial charge in [-0.1, -0.05) is 12.1 Å². The van der Waals surface area contributed by atoms with Crippen molar-refractivity contribution in [2.75, 3.05) is 13.2 Å². The lowest BCUT2D eigenvalue weighted by Gasteiger charge is -2.09. The lowest BCUT2D eigenvalue weighted by Crippen LogP contribution is -2.31. The smallest absolute Gasteiger partial charge is 0.287 e. The minimum atomic E-state index is -0.528. The zero-order valence-corrected chi connectivity index (χ0v) is 17.4. The van der Waals surface area contributed by atoms with Crippen molar-refractivity contribution >= 4 is 16.9 Å². The molecule has 0 saturated heterocycles. The van der Waals surface area contributed by atoms with E-state index in [1.54, 1.807) is 24.3 Å². The van der Waals surface area contributed by atoms with Gasteiger partial charge in [-0.25, -0.2) is 4.98 Å². The predicted molar refractivity (Wildman–Crippen MR) is 120 cm³/mol. The summed E-state index contributed by atoms with van der Waals surface area (Å²) < 4.78 is 12.3. The SMILES string of the molecule is CCOc1ccc(-c2cc(=O)n(CCNC(=O)c3cc(=O)c4ccccc4o3)cn2)cc1. The molecule has 0 radical (unpaired) electrons. The Kier molecular flexibility index (Phi) is 6.12. The molecule has 0 bridgehead atoms. The minimum Gasteiger partial charge on any atom is -0.494 e. The molecule has 2 heterocycles. The third-order valence-corrected chi connectivity index (χ3v) is 4.84. The molecule has 4 aromatic rings. The van der Waals surface area contributed by atoms with Crippen molar-refractivity contribution in [1.29, 1.82) is 0 Å². The van der Waals surface area contributed by atoms with Crippen LogP contribution < -0.4 is 21.0 Å². The summed E-state index contributed by atoms with van der Waals surface area (Å²) >= 11 is 0. The molecule has 0 aliphatic rings. The highest BCUT2D eigenvalue weighted by Crippen LogP contribution is 2.19. The summed E-state index contributed by atoms with van der Waals surface area (Å²) in [6.07, 6.45) is 1.44. The number of fused-ring (bicyclic) bond motifs is 1. The van der Waals surface area contributed by atoms with E-state index < -0.39 is 5.91 Å². The van der Waals surface area contributed by atoms with Crippen molar-refractivity contribution in [3.8, 4) is 17.0 Å². The van der Waals surface area contributed by atoms with Crippen LogP contribution in [0, 0.1) is 0 Å². The first-order valence-electron chi connectivity index (χ1n) is 10.2. The van der Waals surface area contributed by atoms with Gasteiger partial charge in [0, 0.05) is 30.8 Å². The highest BCUT2D eigenvalue weighted by Gasteiger charge is 2.12. The van der Waals surface area contributed by atoms with Crippen molar-refractivity contribution in [1.82, 2.24) is 14.9 Å². The molecule has 0 aliphatic carbocycles. The number of nitrogens with zero attached hydrogens (tertiary/aromatic N) is 2. The van der Waals surface area contributed by atoms with Gasteiger partial charge in [-0.2, -0.15) is 0 Å². The average molecular weight is 431 g/mol. The van der Waals surface area contributed by atoms with Crippen molar-refractivity contribution in [3.63, 3.8) is 0 Å². The van der Waals surface area contributed by atoms with E-state index >= 15 is 0 Å². The molecule has 0 atom stereocenters. The number of nitrogens with one attached hydrogen (secondary N) is 1. The Bertz CT molecular complexity index is 1370. The fourth-order valence-electron chi connectivity index (χ4n) is 3.23. The first-order chi connectivity index (χ1) is 15.5. The maximum absolute atomic E-state index is 12.4. The number of benzene rings is 2. The molecule has 1 amide bonds.